The molecular weight excluding hydrogens is 240 g/mol. The first-order valence-electron chi connectivity index (χ1n) is 4.80. The normalized spacial score (nSPS) is 10.9. The Hall–Kier alpha value is -2.14. The molecular formula is C11H9ClN4O. The SMILES string of the molecule is NC(=O)C=Cn1cnc(-c2cccc(Cl)c2)n1. The monoisotopic (exact) mass is 248 g/mol. The third-order valence-electron chi connectivity index (χ3n) is 1.98. The van der Waals surface area contributed by atoms with E-state index in [0.717, 1.165) is 5.56 Å². The molecule has 0 unspecified atom stereocenters. The highest BCUT2D eigenvalue weighted by Gasteiger charge is 2.03. The van der Waals surface area contributed by atoms with Crippen molar-refractivity contribution >= 4 is 23.7 Å². The Morgan fingerprint density at radius 2 is 2.29 bits per heavy atom. The molecule has 5 nitrogen and oxygen atoms in total. The molecule has 0 fully saturated rings. The minimum atomic E-state index is -0.537. The number of primary amides is 1. The number of hydrogen-bond donors (Lipinski definition) is 1. The van der Waals surface area contributed by atoms with E-state index in [4.69, 9.17) is 17.3 Å². The second-order valence-corrected chi connectivity index (χ2v) is 3.71. The van der Waals surface area contributed by atoms with Crippen LogP contribution in [0.5, 0.6) is 0 Å². The van der Waals surface area contributed by atoms with Crippen molar-refractivity contribution in [2.24, 2.45) is 5.73 Å². The maximum atomic E-state index is 10.6. The Morgan fingerprint density at radius 3 is 3.00 bits per heavy atom. The molecule has 86 valence electrons. The van der Waals surface area contributed by atoms with Crippen molar-refractivity contribution in [2.45, 2.75) is 0 Å². The Bertz CT molecular complexity index is 576. The van der Waals surface area contributed by atoms with Crippen LogP contribution in [-0.2, 0) is 4.79 Å². The smallest absolute Gasteiger partial charge is 0.242 e. The molecule has 0 saturated carbocycles. The number of benzene rings is 1. The van der Waals surface area contributed by atoms with Gasteiger partial charge < -0.3 is 5.73 Å². The van der Waals surface area contributed by atoms with E-state index in [9.17, 15) is 4.79 Å². The molecule has 1 heterocycles. The van der Waals surface area contributed by atoms with Crippen molar-refractivity contribution in [3.05, 3.63) is 41.7 Å². The zero-order valence-corrected chi connectivity index (χ0v) is 9.50. The molecule has 0 atom stereocenters. The summed E-state index contributed by atoms with van der Waals surface area (Å²) in [6.45, 7) is 0. The van der Waals surface area contributed by atoms with Gasteiger partial charge in [0.25, 0.3) is 0 Å². The lowest BCUT2D eigenvalue weighted by atomic mass is 10.2. The number of nitrogens with two attached hydrogens (primary N) is 1. The molecule has 0 aliphatic rings. The lowest BCUT2D eigenvalue weighted by Gasteiger charge is -1.95. The van der Waals surface area contributed by atoms with Crippen molar-refractivity contribution in [2.75, 3.05) is 0 Å². The third kappa shape index (κ3) is 2.92. The van der Waals surface area contributed by atoms with Gasteiger partial charge in [-0.15, -0.1) is 5.10 Å². The van der Waals surface area contributed by atoms with Gasteiger partial charge in [0.15, 0.2) is 5.82 Å². The number of hydrogen-bond acceptors (Lipinski definition) is 3. The van der Waals surface area contributed by atoms with Crippen LogP contribution >= 0.6 is 11.6 Å². The van der Waals surface area contributed by atoms with E-state index in [1.807, 2.05) is 12.1 Å². The molecule has 1 aromatic heterocycles. The van der Waals surface area contributed by atoms with Crippen molar-refractivity contribution in [1.29, 1.82) is 0 Å². The number of carbonyl (C=O) groups excluding carboxylic acids is 1. The highest BCUT2D eigenvalue weighted by Crippen LogP contribution is 2.18. The Balaban J connectivity index is 2.27. The van der Waals surface area contributed by atoms with E-state index in [0.29, 0.717) is 10.8 Å². The second-order valence-electron chi connectivity index (χ2n) is 3.28. The van der Waals surface area contributed by atoms with Crippen LogP contribution < -0.4 is 5.73 Å². The van der Waals surface area contributed by atoms with Gasteiger partial charge in [0.2, 0.25) is 5.91 Å². The summed E-state index contributed by atoms with van der Waals surface area (Å²) >= 11 is 5.87. The van der Waals surface area contributed by atoms with Gasteiger partial charge in [0.05, 0.1) is 0 Å². The Kier molecular flexibility index (Phi) is 3.20. The zero-order valence-electron chi connectivity index (χ0n) is 8.75. The fourth-order valence-corrected chi connectivity index (χ4v) is 1.45. The molecule has 1 aromatic carbocycles. The van der Waals surface area contributed by atoms with Crippen molar-refractivity contribution in [3.63, 3.8) is 0 Å². The lowest BCUT2D eigenvalue weighted by molar-refractivity contribution is -0.113. The van der Waals surface area contributed by atoms with Gasteiger partial charge in [-0.2, -0.15) is 0 Å². The molecule has 1 amide bonds. The maximum absolute atomic E-state index is 10.6. The van der Waals surface area contributed by atoms with Crippen LogP contribution in [0.3, 0.4) is 0 Å². The van der Waals surface area contributed by atoms with Crippen LogP contribution in [0.25, 0.3) is 17.6 Å². The highest BCUT2D eigenvalue weighted by atomic mass is 35.5. The van der Waals surface area contributed by atoms with Crippen LogP contribution in [0.1, 0.15) is 0 Å². The van der Waals surface area contributed by atoms with Gasteiger partial charge in [0, 0.05) is 22.9 Å². The third-order valence-corrected chi connectivity index (χ3v) is 2.22. The summed E-state index contributed by atoms with van der Waals surface area (Å²) in [6, 6.07) is 7.20. The van der Waals surface area contributed by atoms with Crippen molar-refractivity contribution in [1.82, 2.24) is 14.8 Å². The minimum Gasteiger partial charge on any atom is -0.366 e. The van der Waals surface area contributed by atoms with Crippen LogP contribution in [-0.4, -0.2) is 20.7 Å². The summed E-state index contributed by atoms with van der Waals surface area (Å²) in [7, 11) is 0. The summed E-state index contributed by atoms with van der Waals surface area (Å²) in [5.41, 5.74) is 5.78. The fourth-order valence-electron chi connectivity index (χ4n) is 1.26. The van der Waals surface area contributed by atoms with Crippen LogP contribution in [0.15, 0.2) is 36.7 Å². The van der Waals surface area contributed by atoms with Crippen LogP contribution in [0, 0.1) is 0 Å². The summed E-state index contributed by atoms with van der Waals surface area (Å²) < 4.78 is 1.40. The average Bonchev–Trinajstić information content (AvgIpc) is 2.75. The topological polar surface area (TPSA) is 73.8 Å². The molecule has 0 saturated heterocycles. The number of amides is 1. The maximum Gasteiger partial charge on any atom is 0.242 e. The highest BCUT2D eigenvalue weighted by molar-refractivity contribution is 6.30. The predicted molar refractivity (Wildman–Crippen MR) is 65.0 cm³/mol. The second kappa shape index (κ2) is 4.80. The quantitative estimate of drug-likeness (QED) is 0.838. The molecule has 0 spiro atoms. The van der Waals surface area contributed by atoms with Gasteiger partial charge in [-0.05, 0) is 12.1 Å². The number of aromatic nitrogens is 3. The molecule has 0 bridgehead atoms. The average molecular weight is 249 g/mol. The number of halogens is 1. The zero-order chi connectivity index (χ0) is 12.3. The predicted octanol–water partition coefficient (Wildman–Crippen LogP) is 1.55. The molecule has 0 radical (unpaired) electrons. The molecule has 0 aliphatic heterocycles. The Morgan fingerprint density at radius 1 is 1.47 bits per heavy atom. The lowest BCUT2D eigenvalue weighted by Crippen LogP contribution is -2.06. The van der Waals surface area contributed by atoms with E-state index in [1.54, 1.807) is 12.1 Å². The van der Waals surface area contributed by atoms with E-state index >= 15 is 0 Å². The molecule has 2 N–H and O–H groups in total. The summed E-state index contributed by atoms with van der Waals surface area (Å²) in [6.07, 6.45) is 4.12. The fraction of sp³-hybridized carbons (Fsp3) is 0. The summed E-state index contributed by atoms with van der Waals surface area (Å²) in [5.74, 6) is -0.00794. The molecule has 17 heavy (non-hydrogen) atoms. The largest absolute Gasteiger partial charge is 0.366 e. The van der Waals surface area contributed by atoms with Gasteiger partial charge in [-0.1, -0.05) is 23.7 Å². The number of rotatable bonds is 3. The summed E-state index contributed by atoms with van der Waals surface area (Å²) in [5, 5.41) is 4.76. The van der Waals surface area contributed by atoms with E-state index in [-0.39, 0.29) is 0 Å². The molecule has 2 aromatic rings. The van der Waals surface area contributed by atoms with Crippen molar-refractivity contribution in [3.8, 4) is 11.4 Å². The van der Waals surface area contributed by atoms with E-state index < -0.39 is 5.91 Å². The van der Waals surface area contributed by atoms with E-state index in [2.05, 4.69) is 10.1 Å². The van der Waals surface area contributed by atoms with Gasteiger partial charge >= 0.3 is 0 Å². The number of carbonyl (C=O) groups is 1. The minimum absolute atomic E-state index is 0.529. The summed E-state index contributed by atoms with van der Waals surface area (Å²) in [4.78, 5) is 14.6. The van der Waals surface area contributed by atoms with Crippen LogP contribution in [0.4, 0.5) is 0 Å². The first-order valence-corrected chi connectivity index (χ1v) is 5.17. The van der Waals surface area contributed by atoms with E-state index in [1.165, 1.54) is 23.3 Å². The molecule has 2 rings (SSSR count). The molecule has 6 heteroatoms. The number of nitrogens with zero attached hydrogens (tertiary/aromatic N) is 3. The standard InChI is InChI=1S/C11H9ClN4O/c12-9-3-1-2-8(6-9)11-14-7-16(15-11)5-4-10(13)17/h1-7H,(H2,13,17). The first-order chi connectivity index (χ1) is 8.15. The van der Waals surface area contributed by atoms with Crippen LogP contribution in [0.2, 0.25) is 5.02 Å². The first kappa shape index (κ1) is 11.3. The van der Waals surface area contributed by atoms with Gasteiger partial charge in [-0.3, -0.25) is 4.79 Å². The van der Waals surface area contributed by atoms with Gasteiger partial charge in [-0.25, -0.2) is 9.67 Å². The van der Waals surface area contributed by atoms with Gasteiger partial charge in [0.1, 0.15) is 6.33 Å². The Labute approximate surface area is 103 Å². The van der Waals surface area contributed by atoms with Crippen molar-refractivity contribution < 1.29 is 4.79 Å². The molecule has 0 aliphatic carbocycles.